The highest BCUT2D eigenvalue weighted by atomic mass is 32.2. The Morgan fingerprint density at radius 1 is 1.11 bits per heavy atom. The summed E-state index contributed by atoms with van der Waals surface area (Å²) in [5, 5.41) is 22.4. The van der Waals surface area contributed by atoms with E-state index in [2.05, 4.69) is 14.5 Å². The smallest absolute Gasteiger partial charge is 0.342 e. The molecule has 0 aliphatic carbocycles. The molecule has 2 N–H and O–H groups in total. The van der Waals surface area contributed by atoms with E-state index in [1.807, 2.05) is 55.5 Å². The van der Waals surface area contributed by atoms with Gasteiger partial charge in [0.15, 0.2) is 5.16 Å². The van der Waals surface area contributed by atoms with Gasteiger partial charge in [0.2, 0.25) is 0 Å². The van der Waals surface area contributed by atoms with Crippen molar-refractivity contribution in [1.29, 1.82) is 0 Å². The van der Waals surface area contributed by atoms with Crippen LogP contribution in [-0.4, -0.2) is 30.5 Å². The van der Waals surface area contributed by atoms with Gasteiger partial charge < -0.3 is 14.7 Å². The molecule has 0 spiro atoms. The van der Waals surface area contributed by atoms with Crippen LogP contribution in [0.2, 0.25) is 0 Å². The van der Waals surface area contributed by atoms with Crippen molar-refractivity contribution in [3.8, 4) is 0 Å². The molecule has 0 saturated carbocycles. The third-order valence-electron chi connectivity index (χ3n) is 5.83. The van der Waals surface area contributed by atoms with Gasteiger partial charge in [0.05, 0.1) is 16.0 Å². The second-order valence-electron chi connectivity index (χ2n) is 8.00. The number of carboxylic acid groups (broad SMARTS) is 1. The van der Waals surface area contributed by atoms with Crippen LogP contribution in [0.4, 0.5) is 5.69 Å². The van der Waals surface area contributed by atoms with Crippen LogP contribution in [0, 0.1) is 17.0 Å². The molecule has 0 fully saturated rings. The van der Waals surface area contributed by atoms with Gasteiger partial charge in [-0.25, -0.2) is 9.78 Å². The van der Waals surface area contributed by atoms with E-state index in [0.29, 0.717) is 11.7 Å². The minimum absolute atomic E-state index is 0.0418. The maximum Gasteiger partial charge on any atom is 0.342 e. The number of carboxylic acids is 1. The highest BCUT2D eigenvalue weighted by molar-refractivity contribution is 8.04. The van der Waals surface area contributed by atoms with Crippen LogP contribution in [-0.2, 0) is 11.3 Å². The summed E-state index contributed by atoms with van der Waals surface area (Å²) in [5.74, 6) is -1.04. The Bertz CT molecular complexity index is 1580. The van der Waals surface area contributed by atoms with Crippen molar-refractivity contribution in [2.75, 3.05) is 0 Å². The average molecular weight is 485 g/mol. The van der Waals surface area contributed by atoms with Gasteiger partial charge >= 0.3 is 5.97 Å². The van der Waals surface area contributed by atoms with Gasteiger partial charge in [0.25, 0.3) is 5.69 Å². The topological polar surface area (TPSA) is 114 Å². The summed E-state index contributed by atoms with van der Waals surface area (Å²) in [6.07, 6.45) is 1.68. The number of aromatic amines is 1. The fourth-order valence-corrected chi connectivity index (χ4v) is 4.87. The van der Waals surface area contributed by atoms with E-state index in [9.17, 15) is 20.0 Å². The number of carbonyl (C=O) groups is 1. The zero-order valence-corrected chi connectivity index (χ0v) is 19.5. The molecule has 0 unspecified atom stereocenters. The van der Waals surface area contributed by atoms with Crippen LogP contribution in [0.3, 0.4) is 0 Å². The van der Waals surface area contributed by atoms with Gasteiger partial charge in [-0.1, -0.05) is 42.5 Å². The molecule has 9 heteroatoms. The number of para-hydroxylation sites is 3. The number of nitro groups is 1. The fraction of sp³-hybridized carbons (Fsp3) is 0.0769. The first-order chi connectivity index (χ1) is 16.9. The molecule has 3 aromatic carbocycles. The molecule has 35 heavy (non-hydrogen) atoms. The fourth-order valence-electron chi connectivity index (χ4n) is 4.10. The minimum Gasteiger partial charge on any atom is -0.477 e. The monoisotopic (exact) mass is 484 g/mol. The number of benzene rings is 3. The molecule has 0 atom stereocenters. The number of non-ortho nitro benzene ring substituents is 1. The molecular formula is C26H20N4O4S. The van der Waals surface area contributed by atoms with E-state index >= 15 is 0 Å². The van der Waals surface area contributed by atoms with E-state index < -0.39 is 10.9 Å². The Morgan fingerprint density at radius 3 is 2.54 bits per heavy atom. The number of thioether (sulfide) groups is 1. The van der Waals surface area contributed by atoms with E-state index in [-0.39, 0.29) is 10.6 Å². The van der Waals surface area contributed by atoms with Gasteiger partial charge in [-0.05, 0) is 48.5 Å². The largest absolute Gasteiger partial charge is 0.477 e. The van der Waals surface area contributed by atoms with Crippen LogP contribution in [0.5, 0.6) is 0 Å². The highest BCUT2D eigenvalue weighted by Gasteiger charge is 2.18. The van der Waals surface area contributed by atoms with Gasteiger partial charge in [0.1, 0.15) is 4.91 Å². The maximum absolute atomic E-state index is 12.2. The molecule has 2 heterocycles. The van der Waals surface area contributed by atoms with Crippen molar-refractivity contribution >= 4 is 51.4 Å². The standard InChI is InChI=1S/C26H20N4O4S/c1-16-20(14-24(25(31)32)35-26-27-21-7-3-4-8-22(21)28-26)19-6-2-5-9-23(19)29(16)15-17-10-12-18(13-11-17)30(33)34/h2-14H,15H2,1H3,(H,27,28)(H,31,32)/b24-14-. The van der Waals surface area contributed by atoms with Crippen molar-refractivity contribution in [2.24, 2.45) is 0 Å². The lowest BCUT2D eigenvalue weighted by Crippen LogP contribution is -2.02. The van der Waals surface area contributed by atoms with Crippen LogP contribution in [0.15, 0.2) is 82.9 Å². The number of hydrogen-bond donors (Lipinski definition) is 2. The molecular weight excluding hydrogens is 464 g/mol. The summed E-state index contributed by atoms with van der Waals surface area (Å²) in [7, 11) is 0. The molecule has 5 rings (SSSR count). The predicted octanol–water partition coefficient (Wildman–Crippen LogP) is 6.00. The Kier molecular flexibility index (Phi) is 5.84. The summed E-state index contributed by atoms with van der Waals surface area (Å²) in [4.78, 5) is 30.5. The lowest BCUT2D eigenvalue weighted by Gasteiger charge is -2.09. The number of aromatic nitrogens is 3. The van der Waals surface area contributed by atoms with Crippen molar-refractivity contribution in [3.05, 3.63) is 105 Å². The molecule has 2 aromatic heterocycles. The Labute approximate surface area is 204 Å². The van der Waals surface area contributed by atoms with Gasteiger partial charge in [-0.15, -0.1) is 0 Å². The van der Waals surface area contributed by atoms with E-state index in [4.69, 9.17) is 0 Å². The SMILES string of the molecule is Cc1c(/C=C(\Sc2nc3ccccc3[nH]2)C(=O)O)c2ccccc2n1Cc1ccc([N+](=O)[O-])cc1. The average Bonchev–Trinajstić information content (AvgIpc) is 3.38. The van der Waals surface area contributed by atoms with Crippen LogP contribution >= 0.6 is 11.8 Å². The number of nitrogens with zero attached hydrogens (tertiary/aromatic N) is 3. The zero-order valence-electron chi connectivity index (χ0n) is 18.6. The third-order valence-corrected chi connectivity index (χ3v) is 6.73. The van der Waals surface area contributed by atoms with Crippen molar-refractivity contribution in [1.82, 2.24) is 14.5 Å². The Morgan fingerprint density at radius 2 is 1.83 bits per heavy atom. The zero-order chi connectivity index (χ0) is 24.5. The lowest BCUT2D eigenvalue weighted by molar-refractivity contribution is -0.384. The second-order valence-corrected chi connectivity index (χ2v) is 9.03. The summed E-state index contributed by atoms with van der Waals surface area (Å²) >= 11 is 1.07. The lowest BCUT2D eigenvalue weighted by atomic mass is 10.1. The molecule has 174 valence electrons. The molecule has 0 bridgehead atoms. The summed E-state index contributed by atoms with van der Waals surface area (Å²) in [5.41, 5.74) is 5.22. The van der Waals surface area contributed by atoms with Crippen molar-refractivity contribution in [2.45, 2.75) is 18.6 Å². The quantitative estimate of drug-likeness (QED) is 0.127. The number of fused-ring (bicyclic) bond motifs is 2. The molecule has 5 aromatic rings. The number of rotatable bonds is 7. The summed E-state index contributed by atoms with van der Waals surface area (Å²) < 4.78 is 2.09. The van der Waals surface area contributed by atoms with Gasteiger partial charge in [0, 0.05) is 40.8 Å². The molecule has 0 aliphatic heterocycles. The second kappa shape index (κ2) is 9.11. The van der Waals surface area contributed by atoms with Gasteiger partial charge in [-0.2, -0.15) is 0 Å². The van der Waals surface area contributed by atoms with Crippen molar-refractivity contribution in [3.63, 3.8) is 0 Å². The van der Waals surface area contributed by atoms with Crippen LogP contribution in [0.1, 0.15) is 16.8 Å². The molecule has 8 nitrogen and oxygen atoms in total. The first-order valence-electron chi connectivity index (χ1n) is 10.8. The molecule has 0 aliphatic rings. The van der Waals surface area contributed by atoms with E-state index in [1.54, 1.807) is 18.2 Å². The molecule has 0 radical (unpaired) electrons. The number of aliphatic carboxylic acids is 1. The Balaban J connectivity index is 1.55. The van der Waals surface area contributed by atoms with Crippen molar-refractivity contribution < 1.29 is 14.8 Å². The summed E-state index contributed by atoms with van der Waals surface area (Å²) in [6, 6.07) is 21.8. The number of imidazole rings is 1. The van der Waals surface area contributed by atoms with E-state index in [0.717, 1.165) is 50.5 Å². The van der Waals surface area contributed by atoms with Crippen LogP contribution in [0.25, 0.3) is 28.0 Å². The third kappa shape index (κ3) is 4.41. The first-order valence-corrected chi connectivity index (χ1v) is 11.6. The van der Waals surface area contributed by atoms with E-state index in [1.165, 1.54) is 12.1 Å². The number of hydrogen-bond acceptors (Lipinski definition) is 5. The summed E-state index contributed by atoms with van der Waals surface area (Å²) in [6.45, 7) is 2.44. The Hall–Kier alpha value is -4.37. The predicted molar refractivity (Wildman–Crippen MR) is 136 cm³/mol. The molecule has 0 saturated heterocycles. The first kappa shape index (κ1) is 22.4. The highest BCUT2D eigenvalue weighted by Crippen LogP contribution is 2.33. The molecule has 0 amide bonds. The number of H-pyrrole nitrogens is 1. The minimum atomic E-state index is -1.04. The number of nitro benzene ring substituents is 1. The van der Waals surface area contributed by atoms with Gasteiger partial charge in [-0.3, -0.25) is 10.1 Å². The maximum atomic E-state index is 12.2. The number of nitrogens with one attached hydrogen (secondary N) is 1. The van der Waals surface area contributed by atoms with Crippen LogP contribution < -0.4 is 0 Å². The normalized spacial score (nSPS) is 11.9.